The van der Waals surface area contributed by atoms with Gasteiger partial charge in [-0.2, -0.15) is 5.26 Å². The first-order chi connectivity index (χ1) is 19.4. The highest BCUT2D eigenvalue weighted by Gasteiger charge is 2.16. The fourth-order valence-electron chi connectivity index (χ4n) is 3.84. The van der Waals surface area contributed by atoms with Crippen molar-refractivity contribution in [1.29, 1.82) is 5.26 Å². The number of hydrogen-bond acceptors (Lipinski definition) is 8. The molecule has 204 valence electrons. The number of anilines is 3. The van der Waals surface area contributed by atoms with Crippen molar-refractivity contribution >= 4 is 45.5 Å². The molecule has 0 unspecified atom stereocenters. The molecule has 1 amide bonds. The van der Waals surface area contributed by atoms with Crippen molar-refractivity contribution in [2.45, 2.75) is 13.5 Å². The van der Waals surface area contributed by atoms with Crippen LogP contribution in [-0.2, 0) is 11.4 Å². The molecule has 40 heavy (non-hydrogen) atoms. The molecule has 0 aliphatic heterocycles. The third kappa shape index (κ3) is 7.26. The first-order valence-corrected chi connectivity index (χ1v) is 13.0. The number of benzene rings is 2. The maximum Gasteiger partial charge on any atom is 0.248 e. The number of nitriles is 1. The molecule has 0 spiro atoms. The number of likely N-dealkylation sites (N-methyl/N-ethyl adjacent to an activating group) is 1. The number of hydrogen-bond donors (Lipinski definition) is 2. The second-order valence-corrected chi connectivity index (χ2v) is 9.44. The topological polar surface area (TPSA) is 112 Å². The lowest BCUT2D eigenvalue weighted by atomic mass is 10.1. The zero-order valence-corrected chi connectivity index (χ0v) is 23.2. The van der Waals surface area contributed by atoms with Gasteiger partial charge in [0, 0.05) is 47.8 Å². The number of pyridine rings is 2. The SMILES string of the molecule is CCOc1cc2c(Nc3ccc(OCc4cccnc4)c(Cl)c3)c(C#N)cnc2cc1NC(=O)/C=C/CN(C)C. The molecule has 0 saturated carbocycles. The second kappa shape index (κ2) is 13.4. The number of nitrogens with zero attached hydrogens (tertiary/aromatic N) is 4. The van der Waals surface area contributed by atoms with Crippen molar-refractivity contribution in [3.8, 4) is 17.6 Å². The summed E-state index contributed by atoms with van der Waals surface area (Å²) in [6.07, 6.45) is 8.18. The van der Waals surface area contributed by atoms with Crippen LogP contribution in [0.15, 0.2) is 73.2 Å². The lowest BCUT2D eigenvalue weighted by molar-refractivity contribution is -0.111. The van der Waals surface area contributed by atoms with Gasteiger partial charge in [0.05, 0.1) is 34.1 Å². The van der Waals surface area contributed by atoms with E-state index in [4.69, 9.17) is 21.1 Å². The van der Waals surface area contributed by atoms with Crippen LogP contribution < -0.4 is 20.1 Å². The third-order valence-corrected chi connectivity index (χ3v) is 6.00. The van der Waals surface area contributed by atoms with E-state index in [1.807, 2.05) is 44.1 Å². The van der Waals surface area contributed by atoms with Gasteiger partial charge in [-0.15, -0.1) is 0 Å². The fraction of sp³-hybridized carbons (Fsp3) is 0.200. The molecule has 2 aromatic carbocycles. The average Bonchev–Trinajstić information content (AvgIpc) is 2.94. The number of carbonyl (C=O) groups is 1. The van der Waals surface area contributed by atoms with E-state index < -0.39 is 0 Å². The molecule has 4 rings (SSSR count). The minimum absolute atomic E-state index is 0.283. The average molecular weight is 557 g/mol. The normalized spacial score (nSPS) is 11.0. The van der Waals surface area contributed by atoms with E-state index in [1.54, 1.807) is 42.7 Å². The van der Waals surface area contributed by atoms with E-state index in [0.29, 0.717) is 69.8 Å². The number of amides is 1. The van der Waals surface area contributed by atoms with Crippen molar-refractivity contribution in [2.24, 2.45) is 0 Å². The minimum atomic E-state index is -0.283. The molecular formula is C30H29ClN6O3. The van der Waals surface area contributed by atoms with Crippen LogP contribution in [0.1, 0.15) is 18.1 Å². The standard InChI is InChI=1S/C30H29ClN6O3/c1-4-39-28-14-23-25(15-26(28)36-29(38)8-6-12-37(2)3)34-18-21(16-32)30(23)35-22-9-10-27(24(31)13-22)40-19-20-7-5-11-33-17-20/h5-11,13-15,17-18H,4,12,19H2,1-3H3,(H,34,35)(H,36,38)/b8-6+. The van der Waals surface area contributed by atoms with Crippen LogP contribution in [0, 0.1) is 11.3 Å². The van der Waals surface area contributed by atoms with Gasteiger partial charge < -0.3 is 25.0 Å². The maximum absolute atomic E-state index is 12.5. The molecule has 0 fully saturated rings. The van der Waals surface area contributed by atoms with Gasteiger partial charge in [0.1, 0.15) is 24.2 Å². The summed E-state index contributed by atoms with van der Waals surface area (Å²) in [5.74, 6) is 0.700. The van der Waals surface area contributed by atoms with Crippen molar-refractivity contribution in [3.05, 3.63) is 89.4 Å². The zero-order valence-electron chi connectivity index (χ0n) is 22.4. The predicted octanol–water partition coefficient (Wildman–Crippen LogP) is 5.93. The van der Waals surface area contributed by atoms with Crippen molar-refractivity contribution in [2.75, 3.05) is 37.9 Å². The maximum atomic E-state index is 12.5. The monoisotopic (exact) mass is 556 g/mol. The van der Waals surface area contributed by atoms with E-state index in [1.165, 1.54) is 12.3 Å². The molecule has 10 heteroatoms. The van der Waals surface area contributed by atoms with Crippen molar-refractivity contribution in [1.82, 2.24) is 14.9 Å². The first-order valence-electron chi connectivity index (χ1n) is 12.6. The van der Waals surface area contributed by atoms with E-state index in [-0.39, 0.29) is 5.91 Å². The molecule has 0 aliphatic carbocycles. The summed E-state index contributed by atoms with van der Waals surface area (Å²) in [7, 11) is 3.84. The quantitative estimate of drug-likeness (QED) is 0.218. The van der Waals surface area contributed by atoms with E-state index >= 15 is 0 Å². The highest BCUT2D eigenvalue weighted by atomic mass is 35.5. The third-order valence-electron chi connectivity index (χ3n) is 5.71. The number of carbonyl (C=O) groups excluding carboxylic acids is 1. The predicted molar refractivity (Wildman–Crippen MR) is 157 cm³/mol. The molecule has 2 N–H and O–H groups in total. The van der Waals surface area contributed by atoms with Gasteiger partial charge in [-0.25, -0.2) is 0 Å². The van der Waals surface area contributed by atoms with Gasteiger partial charge in [0.15, 0.2) is 0 Å². The van der Waals surface area contributed by atoms with Crippen molar-refractivity contribution < 1.29 is 14.3 Å². The van der Waals surface area contributed by atoms with Gasteiger partial charge in [-0.05, 0) is 57.4 Å². The molecule has 0 aliphatic rings. The Labute approximate surface area is 238 Å². The van der Waals surface area contributed by atoms with E-state index in [0.717, 1.165) is 5.56 Å². The van der Waals surface area contributed by atoms with Gasteiger partial charge in [0.25, 0.3) is 0 Å². The molecule has 4 aromatic rings. The Kier molecular flexibility index (Phi) is 9.52. The van der Waals surface area contributed by atoms with E-state index in [2.05, 4.69) is 26.7 Å². The van der Waals surface area contributed by atoms with Crippen LogP contribution in [0.25, 0.3) is 10.9 Å². The van der Waals surface area contributed by atoms with Gasteiger partial charge in [0.2, 0.25) is 5.91 Å². The number of halogens is 1. The fourth-order valence-corrected chi connectivity index (χ4v) is 4.08. The van der Waals surface area contributed by atoms with Crippen LogP contribution in [0.3, 0.4) is 0 Å². The molecule has 0 atom stereocenters. The first kappa shape index (κ1) is 28.4. The minimum Gasteiger partial charge on any atom is -0.492 e. The number of ether oxygens (including phenoxy) is 2. The van der Waals surface area contributed by atoms with Crippen LogP contribution in [0.5, 0.6) is 11.5 Å². The van der Waals surface area contributed by atoms with Gasteiger partial charge in [-0.1, -0.05) is 23.7 Å². The molecule has 0 saturated heterocycles. The number of rotatable bonds is 11. The Hall–Kier alpha value is -4.65. The Bertz CT molecular complexity index is 1570. The molecule has 9 nitrogen and oxygen atoms in total. The number of fused-ring (bicyclic) bond motifs is 1. The molecule has 0 radical (unpaired) electrons. The van der Waals surface area contributed by atoms with Crippen LogP contribution in [-0.4, -0.2) is 48.0 Å². The lowest BCUT2D eigenvalue weighted by Gasteiger charge is -2.16. The number of nitrogens with one attached hydrogen (secondary N) is 2. The van der Waals surface area contributed by atoms with Crippen LogP contribution >= 0.6 is 11.6 Å². The molecule has 2 heterocycles. The Balaban J connectivity index is 1.62. The zero-order chi connectivity index (χ0) is 28.5. The summed E-state index contributed by atoms with van der Waals surface area (Å²) < 4.78 is 11.7. The summed E-state index contributed by atoms with van der Waals surface area (Å²) in [4.78, 5) is 23.0. The summed E-state index contributed by atoms with van der Waals surface area (Å²) in [5, 5.41) is 17.1. The van der Waals surface area contributed by atoms with Gasteiger partial charge >= 0.3 is 0 Å². The van der Waals surface area contributed by atoms with Gasteiger partial charge in [-0.3, -0.25) is 14.8 Å². The second-order valence-electron chi connectivity index (χ2n) is 9.03. The summed E-state index contributed by atoms with van der Waals surface area (Å²) in [6.45, 7) is 3.21. The number of aromatic nitrogens is 2. The Morgan fingerprint density at radius 2 is 2.00 bits per heavy atom. The largest absolute Gasteiger partial charge is 0.492 e. The summed E-state index contributed by atoms with van der Waals surface area (Å²) in [6, 6.07) is 14.8. The Morgan fingerprint density at radius 3 is 2.70 bits per heavy atom. The highest BCUT2D eigenvalue weighted by Crippen LogP contribution is 2.37. The van der Waals surface area contributed by atoms with E-state index in [9.17, 15) is 10.1 Å². The lowest BCUT2D eigenvalue weighted by Crippen LogP contribution is -2.13. The highest BCUT2D eigenvalue weighted by molar-refractivity contribution is 6.32. The van der Waals surface area contributed by atoms with Crippen LogP contribution in [0.2, 0.25) is 5.02 Å². The molecule has 0 bridgehead atoms. The smallest absolute Gasteiger partial charge is 0.248 e. The summed E-state index contributed by atoms with van der Waals surface area (Å²) >= 11 is 6.52. The van der Waals surface area contributed by atoms with Crippen molar-refractivity contribution in [3.63, 3.8) is 0 Å². The van der Waals surface area contributed by atoms with Crippen LogP contribution in [0.4, 0.5) is 17.1 Å². The summed E-state index contributed by atoms with van der Waals surface area (Å²) in [5.41, 5.74) is 3.51. The molecule has 2 aromatic heterocycles. The Morgan fingerprint density at radius 1 is 1.15 bits per heavy atom. The molecular weight excluding hydrogens is 528 g/mol.